The summed E-state index contributed by atoms with van der Waals surface area (Å²) in [6.45, 7) is 2.13. The first kappa shape index (κ1) is 22.0. The molecule has 1 fully saturated rings. The van der Waals surface area contributed by atoms with E-state index in [0.717, 1.165) is 11.4 Å². The number of likely N-dealkylation sites (tertiary alicyclic amines) is 1. The van der Waals surface area contributed by atoms with Crippen molar-refractivity contribution in [2.24, 2.45) is 5.92 Å². The second-order valence-corrected chi connectivity index (χ2v) is 8.70. The molecule has 3 aromatic carbocycles. The van der Waals surface area contributed by atoms with Crippen molar-refractivity contribution in [2.75, 3.05) is 38.3 Å². The van der Waals surface area contributed by atoms with Gasteiger partial charge in [-0.2, -0.15) is 0 Å². The van der Waals surface area contributed by atoms with E-state index in [1.165, 1.54) is 0 Å². The van der Waals surface area contributed by atoms with E-state index in [2.05, 4.69) is 0 Å². The Morgan fingerprint density at radius 3 is 2.29 bits per heavy atom. The van der Waals surface area contributed by atoms with Crippen molar-refractivity contribution in [3.8, 4) is 11.5 Å². The normalized spacial score (nSPS) is 15.6. The number of hydrogen-bond donors (Lipinski definition) is 0. The Bertz CT molecular complexity index is 1190. The Kier molecular flexibility index (Phi) is 6.21. The summed E-state index contributed by atoms with van der Waals surface area (Å²) < 4.78 is 11.2. The molecular weight excluding hydrogens is 428 g/mol. The maximum atomic E-state index is 13.4. The third kappa shape index (κ3) is 4.36. The molecule has 2 aliphatic rings. The van der Waals surface area contributed by atoms with Gasteiger partial charge in [-0.1, -0.05) is 30.3 Å². The summed E-state index contributed by atoms with van der Waals surface area (Å²) in [7, 11) is 1.97. The van der Waals surface area contributed by atoms with E-state index in [0.29, 0.717) is 61.8 Å². The van der Waals surface area contributed by atoms with Crippen LogP contribution in [0.25, 0.3) is 0 Å². The van der Waals surface area contributed by atoms with Crippen LogP contribution >= 0.6 is 0 Å². The second-order valence-electron chi connectivity index (χ2n) is 8.70. The molecular formula is C28H28N2O4. The highest BCUT2D eigenvalue weighted by Crippen LogP contribution is 2.33. The van der Waals surface area contributed by atoms with Crippen LogP contribution < -0.4 is 14.4 Å². The maximum absolute atomic E-state index is 13.4. The number of anilines is 2. The Morgan fingerprint density at radius 2 is 1.53 bits per heavy atom. The minimum Gasteiger partial charge on any atom is -0.486 e. The molecule has 3 aromatic rings. The summed E-state index contributed by atoms with van der Waals surface area (Å²) >= 11 is 0. The van der Waals surface area contributed by atoms with Gasteiger partial charge in [0, 0.05) is 37.3 Å². The topological polar surface area (TPSA) is 59.1 Å². The van der Waals surface area contributed by atoms with Gasteiger partial charge in [0.15, 0.2) is 17.3 Å². The average Bonchev–Trinajstić information content (AvgIpc) is 2.92. The van der Waals surface area contributed by atoms with Crippen molar-refractivity contribution in [1.82, 2.24) is 4.90 Å². The fraction of sp³-hybridized carbons (Fsp3) is 0.286. The molecule has 0 aliphatic carbocycles. The van der Waals surface area contributed by atoms with Crippen molar-refractivity contribution in [1.29, 1.82) is 0 Å². The van der Waals surface area contributed by atoms with Gasteiger partial charge in [0.05, 0.1) is 11.3 Å². The lowest BCUT2D eigenvalue weighted by Gasteiger charge is -2.32. The highest BCUT2D eigenvalue weighted by molar-refractivity contribution is 6.01. The quantitative estimate of drug-likeness (QED) is 0.508. The van der Waals surface area contributed by atoms with Crippen LogP contribution in [0.1, 0.15) is 33.6 Å². The van der Waals surface area contributed by atoms with Crippen LogP contribution in [0.15, 0.2) is 72.8 Å². The Morgan fingerprint density at radius 1 is 0.853 bits per heavy atom. The molecule has 0 aromatic heterocycles. The van der Waals surface area contributed by atoms with Gasteiger partial charge in [0.2, 0.25) is 0 Å². The molecule has 0 atom stereocenters. The lowest BCUT2D eigenvalue weighted by molar-refractivity contribution is 0.0650. The molecule has 2 aliphatic heterocycles. The number of piperidine rings is 1. The molecule has 0 bridgehead atoms. The lowest BCUT2D eigenvalue weighted by Crippen LogP contribution is -2.40. The molecule has 174 valence electrons. The maximum Gasteiger partial charge on any atom is 0.255 e. The number of amides is 1. The molecule has 0 spiro atoms. The van der Waals surface area contributed by atoms with Crippen LogP contribution in [0.5, 0.6) is 11.5 Å². The summed E-state index contributed by atoms with van der Waals surface area (Å²) in [4.78, 5) is 30.5. The summed E-state index contributed by atoms with van der Waals surface area (Å²) in [5.74, 6) is 1.32. The van der Waals surface area contributed by atoms with E-state index in [4.69, 9.17) is 9.47 Å². The number of carbonyl (C=O) groups excluding carboxylic acids is 2. The van der Waals surface area contributed by atoms with E-state index in [-0.39, 0.29) is 17.6 Å². The van der Waals surface area contributed by atoms with Gasteiger partial charge in [-0.25, -0.2) is 0 Å². The molecule has 1 saturated heterocycles. The molecule has 34 heavy (non-hydrogen) atoms. The molecule has 0 saturated carbocycles. The number of para-hydroxylation sites is 2. The minimum absolute atomic E-state index is 0.00334. The van der Waals surface area contributed by atoms with Gasteiger partial charge in [-0.05, 0) is 55.3 Å². The van der Waals surface area contributed by atoms with Crippen molar-refractivity contribution < 1.29 is 19.1 Å². The first-order valence-electron chi connectivity index (χ1n) is 11.7. The monoisotopic (exact) mass is 456 g/mol. The van der Waals surface area contributed by atoms with E-state index in [9.17, 15) is 9.59 Å². The first-order chi connectivity index (χ1) is 16.6. The predicted octanol–water partition coefficient (Wildman–Crippen LogP) is 4.96. The Hall–Kier alpha value is -3.80. The molecule has 0 unspecified atom stereocenters. The highest BCUT2D eigenvalue weighted by Gasteiger charge is 2.30. The standard InChI is InChI=1S/C28H28N2O4/c1-29(22-7-3-2-4-8-22)24-10-6-5-9-23(24)28(32)30-15-13-20(14-16-30)27(31)21-11-12-25-26(19-21)34-18-17-33-25/h2-12,19-20H,13-18H2,1H3. The van der Waals surface area contributed by atoms with Gasteiger partial charge in [0.1, 0.15) is 13.2 Å². The molecule has 6 nitrogen and oxygen atoms in total. The van der Waals surface area contributed by atoms with Crippen molar-refractivity contribution in [2.45, 2.75) is 12.8 Å². The number of Topliss-reactive ketones (excluding diaryl/α,β-unsaturated/α-hetero) is 1. The third-order valence-corrected chi connectivity index (χ3v) is 6.62. The lowest BCUT2D eigenvalue weighted by atomic mass is 9.88. The molecule has 6 heteroatoms. The molecule has 1 amide bonds. The van der Waals surface area contributed by atoms with Crippen LogP contribution in [-0.4, -0.2) is 49.9 Å². The summed E-state index contributed by atoms with van der Waals surface area (Å²) in [6.07, 6.45) is 1.30. The third-order valence-electron chi connectivity index (χ3n) is 6.62. The summed E-state index contributed by atoms with van der Waals surface area (Å²) in [5, 5.41) is 0. The molecule has 0 N–H and O–H groups in total. The van der Waals surface area contributed by atoms with E-state index < -0.39 is 0 Å². The van der Waals surface area contributed by atoms with Gasteiger partial charge in [0.25, 0.3) is 5.91 Å². The van der Waals surface area contributed by atoms with Gasteiger partial charge in [-0.15, -0.1) is 0 Å². The van der Waals surface area contributed by atoms with Crippen LogP contribution in [0.2, 0.25) is 0 Å². The summed E-state index contributed by atoms with van der Waals surface area (Å²) in [6, 6.07) is 23.1. The van der Waals surface area contributed by atoms with Crippen molar-refractivity contribution in [3.05, 3.63) is 83.9 Å². The number of benzene rings is 3. The number of fused-ring (bicyclic) bond motifs is 1. The van der Waals surface area contributed by atoms with E-state index >= 15 is 0 Å². The van der Waals surface area contributed by atoms with E-state index in [1.54, 1.807) is 12.1 Å². The average molecular weight is 457 g/mol. The zero-order chi connectivity index (χ0) is 23.5. The van der Waals surface area contributed by atoms with Crippen LogP contribution in [0.4, 0.5) is 11.4 Å². The molecule has 2 heterocycles. The predicted molar refractivity (Wildman–Crippen MR) is 131 cm³/mol. The summed E-state index contributed by atoms with van der Waals surface area (Å²) in [5.41, 5.74) is 3.20. The van der Waals surface area contributed by atoms with Crippen LogP contribution in [0, 0.1) is 5.92 Å². The van der Waals surface area contributed by atoms with Gasteiger partial charge in [-0.3, -0.25) is 9.59 Å². The second kappa shape index (κ2) is 9.59. The van der Waals surface area contributed by atoms with Crippen molar-refractivity contribution >= 4 is 23.1 Å². The first-order valence-corrected chi connectivity index (χ1v) is 11.7. The number of carbonyl (C=O) groups is 2. The Labute approximate surface area is 199 Å². The fourth-order valence-electron chi connectivity index (χ4n) is 4.69. The minimum atomic E-state index is -0.103. The van der Waals surface area contributed by atoms with Crippen molar-refractivity contribution in [3.63, 3.8) is 0 Å². The number of ketones is 1. The number of nitrogens with zero attached hydrogens (tertiary/aromatic N) is 2. The largest absolute Gasteiger partial charge is 0.486 e. The van der Waals surface area contributed by atoms with Gasteiger partial charge >= 0.3 is 0 Å². The SMILES string of the molecule is CN(c1ccccc1)c1ccccc1C(=O)N1CCC(C(=O)c2ccc3c(c2)OCCO3)CC1. The zero-order valence-corrected chi connectivity index (χ0v) is 19.3. The zero-order valence-electron chi connectivity index (χ0n) is 19.3. The molecule has 0 radical (unpaired) electrons. The number of ether oxygens (including phenoxy) is 2. The molecule has 5 rings (SSSR count). The number of hydrogen-bond acceptors (Lipinski definition) is 5. The Balaban J connectivity index is 1.27. The smallest absolute Gasteiger partial charge is 0.255 e. The number of rotatable bonds is 5. The highest BCUT2D eigenvalue weighted by atomic mass is 16.6. The van der Waals surface area contributed by atoms with Gasteiger partial charge < -0.3 is 19.3 Å². The fourth-order valence-corrected chi connectivity index (χ4v) is 4.69. The van der Waals surface area contributed by atoms with Crippen LogP contribution in [-0.2, 0) is 0 Å². The van der Waals surface area contributed by atoms with E-state index in [1.807, 2.05) is 77.5 Å². The van der Waals surface area contributed by atoms with Crippen LogP contribution in [0.3, 0.4) is 0 Å².